The lowest BCUT2D eigenvalue weighted by Gasteiger charge is -2.05. The van der Waals surface area contributed by atoms with Crippen LogP contribution in [0.2, 0.25) is 0 Å². The van der Waals surface area contributed by atoms with Gasteiger partial charge in [0.05, 0.1) is 0 Å². The van der Waals surface area contributed by atoms with Crippen molar-refractivity contribution in [3.05, 3.63) is 70.8 Å². The molecule has 0 fully saturated rings. The Morgan fingerprint density at radius 3 is 2.39 bits per heavy atom. The van der Waals surface area contributed by atoms with Crippen molar-refractivity contribution in [2.45, 2.75) is 13.5 Å². The summed E-state index contributed by atoms with van der Waals surface area (Å²) < 4.78 is 0. The average molecular weight is 239 g/mol. The number of hydrogen-bond donors (Lipinski definition) is 1. The van der Waals surface area contributed by atoms with Crippen LogP contribution in [0.1, 0.15) is 27.0 Å². The van der Waals surface area contributed by atoms with E-state index in [2.05, 4.69) is 5.32 Å². The van der Waals surface area contributed by atoms with E-state index in [0.717, 1.165) is 28.8 Å². The minimum atomic E-state index is 0.0802. The van der Waals surface area contributed by atoms with Gasteiger partial charge in [-0.15, -0.1) is 0 Å². The molecule has 2 rings (SSSR count). The Morgan fingerprint density at radius 1 is 1.06 bits per heavy atom. The number of rotatable bonds is 4. The first kappa shape index (κ1) is 12.5. The first-order chi connectivity index (χ1) is 8.70. The lowest BCUT2D eigenvalue weighted by Crippen LogP contribution is -2.07. The third-order valence-electron chi connectivity index (χ3n) is 2.85. The molecule has 92 valence electrons. The van der Waals surface area contributed by atoms with Gasteiger partial charge in [-0.2, -0.15) is 0 Å². The quantitative estimate of drug-likeness (QED) is 0.831. The number of carbonyl (C=O) groups excluding carboxylic acids is 1. The second-order valence-electron chi connectivity index (χ2n) is 4.43. The Hall–Kier alpha value is -1.93. The van der Waals surface area contributed by atoms with Crippen molar-refractivity contribution in [3.63, 3.8) is 0 Å². The van der Waals surface area contributed by atoms with Gasteiger partial charge in [0.25, 0.3) is 0 Å². The summed E-state index contributed by atoms with van der Waals surface area (Å²) in [6.07, 6.45) is 0. The van der Waals surface area contributed by atoms with E-state index in [1.54, 1.807) is 0 Å². The van der Waals surface area contributed by atoms with E-state index in [1.807, 2.05) is 62.5 Å². The van der Waals surface area contributed by atoms with Gasteiger partial charge in [-0.05, 0) is 31.7 Å². The van der Waals surface area contributed by atoms with Gasteiger partial charge in [0.15, 0.2) is 5.78 Å². The van der Waals surface area contributed by atoms with Gasteiger partial charge in [0, 0.05) is 17.7 Å². The highest BCUT2D eigenvalue weighted by Crippen LogP contribution is 2.13. The van der Waals surface area contributed by atoms with Gasteiger partial charge < -0.3 is 5.32 Å². The van der Waals surface area contributed by atoms with Gasteiger partial charge in [-0.1, -0.05) is 42.0 Å². The maximum absolute atomic E-state index is 12.3. The fraction of sp³-hybridized carbons (Fsp3) is 0.188. The first-order valence-corrected chi connectivity index (χ1v) is 6.05. The van der Waals surface area contributed by atoms with Crippen LogP contribution in [0.4, 0.5) is 0 Å². The van der Waals surface area contributed by atoms with Crippen LogP contribution in [-0.2, 0) is 6.54 Å². The molecule has 0 saturated carbocycles. The molecule has 0 aliphatic rings. The normalized spacial score (nSPS) is 10.3. The Morgan fingerprint density at radius 2 is 1.72 bits per heavy atom. The third kappa shape index (κ3) is 2.84. The predicted molar refractivity (Wildman–Crippen MR) is 73.8 cm³/mol. The summed E-state index contributed by atoms with van der Waals surface area (Å²) in [5.74, 6) is 0.0802. The average Bonchev–Trinajstić information content (AvgIpc) is 2.39. The lowest BCUT2D eigenvalue weighted by molar-refractivity contribution is 0.103. The maximum Gasteiger partial charge on any atom is 0.193 e. The smallest absolute Gasteiger partial charge is 0.193 e. The van der Waals surface area contributed by atoms with Gasteiger partial charge >= 0.3 is 0 Å². The fourth-order valence-corrected chi connectivity index (χ4v) is 1.98. The molecule has 0 aliphatic heterocycles. The minimum absolute atomic E-state index is 0.0802. The van der Waals surface area contributed by atoms with E-state index < -0.39 is 0 Å². The summed E-state index contributed by atoms with van der Waals surface area (Å²) in [6, 6.07) is 15.4. The van der Waals surface area contributed by atoms with Crippen molar-refractivity contribution >= 4 is 5.78 Å². The molecule has 2 nitrogen and oxygen atoms in total. The summed E-state index contributed by atoms with van der Waals surface area (Å²) in [5.41, 5.74) is 3.72. The molecule has 0 bridgehead atoms. The summed E-state index contributed by atoms with van der Waals surface area (Å²) in [5, 5.41) is 3.09. The van der Waals surface area contributed by atoms with Crippen LogP contribution in [0.15, 0.2) is 48.5 Å². The SMILES string of the molecule is CNCc1cccc(C(=O)c2cccc(C)c2)c1. The van der Waals surface area contributed by atoms with Crippen molar-refractivity contribution in [1.29, 1.82) is 0 Å². The molecule has 0 spiro atoms. The highest BCUT2D eigenvalue weighted by atomic mass is 16.1. The molecular weight excluding hydrogens is 222 g/mol. The standard InChI is InChI=1S/C16H17NO/c1-12-5-3-7-14(9-12)16(18)15-8-4-6-13(10-15)11-17-2/h3-10,17H,11H2,1-2H3. The number of carbonyl (C=O) groups is 1. The molecule has 18 heavy (non-hydrogen) atoms. The van der Waals surface area contributed by atoms with E-state index in [-0.39, 0.29) is 5.78 Å². The molecule has 2 aromatic rings. The van der Waals surface area contributed by atoms with E-state index in [1.165, 1.54) is 0 Å². The van der Waals surface area contributed by atoms with Crippen molar-refractivity contribution in [2.75, 3.05) is 7.05 Å². The maximum atomic E-state index is 12.3. The highest BCUT2D eigenvalue weighted by molar-refractivity contribution is 6.09. The molecule has 0 unspecified atom stereocenters. The molecule has 2 aromatic carbocycles. The minimum Gasteiger partial charge on any atom is -0.316 e. The van der Waals surface area contributed by atoms with Gasteiger partial charge in [-0.25, -0.2) is 0 Å². The Bertz CT molecular complexity index is 561. The predicted octanol–water partition coefficient (Wildman–Crippen LogP) is 2.95. The van der Waals surface area contributed by atoms with Crippen LogP contribution in [0.3, 0.4) is 0 Å². The van der Waals surface area contributed by atoms with Gasteiger partial charge in [0.2, 0.25) is 0 Å². The molecule has 0 atom stereocenters. The second-order valence-corrected chi connectivity index (χ2v) is 4.43. The molecule has 0 aromatic heterocycles. The van der Waals surface area contributed by atoms with Crippen LogP contribution in [0, 0.1) is 6.92 Å². The fourth-order valence-electron chi connectivity index (χ4n) is 1.98. The van der Waals surface area contributed by atoms with E-state index in [4.69, 9.17) is 0 Å². The van der Waals surface area contributed by atoms with Gasteiger partial charge in [-0.3, -0.25) is 4.79 Å². The summed E-state index contributed by atoms with van der Waals surface area (Å²) in [7, 11) is 1.90. The zero-order chi connectivity index (χ0) is 13.0. The Labute approximate surface area is 108 Å². The number of benzene rings is 2. The summed E-state index contributed by atoms with van der Waals surface area (Å²) in [4.78, 5) is 12.3. The molecule has 0 saturated heterocycles. The highest BCUT2D eigenvalue weighted by Gasteiger charge is 2.09. The number of nitrogens with one attached hydrogen (secondary N) is 1. The molecule has 0 heterocycles. The first-order valence-electron chi connectivity index (χ1n) is 6.05. The second kappa shape index (κ2) is 5.61. The Balaban J connectivity index is 2.31. The van der Waals surface area contributed by atoms with Crippen LogP contribution in [0.5, 0.6) is 0 Å². The van der Waals surface area contributed by atoms with Crippen molar-refractivity contribution in [2.24, 2.45) is 0 Å². The van der Waals surface area contributed by atoms with Crippen LogP contribution in [0.25, 0.3) is 0 Å². The third-order valence-corrected chi connectivity index (χ3v) is 2.85. The molecule has 0 radical (unpaired) electrons. The largest absolute Gasteiger partial charge is 0.316 e. The van der Waals surface area contributed by atoms with Crippen molar-refractivity contribution in [1.82, 2.24) is 5.32 Å². The number of aryl methyl sites for hydroxylation is 1. The van der Waals surface area contributed by atoms with E-state index in [0.29, 0.717) is 0 Å². The van der Waals surface area contributed by atoms with Gasteiger partial charge in [0.1, 0.15) is 0 Å². The van der Waals surface area contributed by atoms with E-state index in [9.17, 15) is 4.79 Å². The van der Waals surface area contributed by atoms with Crippen molar-refractivity contribution < 1.29 is 4.79 Å². The number of hydrogen-bond acceptors (Lipinski definition) is 2. The van der Waals surface area contributed by atoms with E-state index >= 15 is 0 Å². The summed E-state index contributed by atoms with van der Waals surface area (Å²) >= 11 is 0. The van der Waals surface area contributed by atoms with Crippen LogP contribution < -0.4 is 5.32 Å². The number of ketones is 1. The molecule has 2 heteroatoms. The molecule has 0 amide bonds. The molecular formula is C16H17NO. The zero-order valence-corrected chi connectivity index (χ0v) is 10.7. The molecule has 0 aliphatic carbocycles. The lowest BCUT2D eigenvalue weighted by atomic mass is 10.00. The monoisotopic (exact) mass is 239 g/mol. The zero-order valence-electron chi connectivity index (χ0n) is 10.7. The Kier molecular flexibility index (Phi) is 3.90. The summed E-state index contributed by atoms with van der Waals surface area (Å²) in [6.45, 7) is 2.77. The van der Waals surface area contributed by atoms with Crippen LogP contribution in [-0.4, -0.2) is 12.8 Å². The topological polar surface area (TPSA) is 29.1 Å². The van der Waals surface area contributed by atoms with Crippen molar-refractivity contribution in [3.8, 4) is 0 Å². The van der Waals surface area contributed by atoms with Crippen LogP contribution >= 0.6 is 0 Å². The molecule has 1 N–H and O–H groups in total.